The molecule has 1 aromatic heterocycles. The zero-order valence-electron chi connectivity index (χ0n) is 20.1. The topological polar surface area (TPSA) is 45.9 Å². The van der Waals surface area contributed by atoms with Crippen molar-refractivity contribution in [2.24, 2.45) is 0 Å². The van der Waals surface area contributed by atoms with Crippen LogP contribution in [-0.2, 0) is 13.2 Å². The van der Waals surface area contributed by atoms with Crippen molar-refractivity contribution in [3.63, 3.8) is 0 Å². The quantitative estimate of drug-likeness (QED) is 0.477. The number of hydrogen-bond acceptors (Lipinski definition) is 4. The highest BCUT2D eigenvalue weighted by Gasteiger charge is 2.24. The van der Waals surface area contributed by atoms with Crippen LogP contribution in [0.5, 0.6) is 5.75 Å². The molecule has 0 radical (unpaired) electrons. The third kappa shape index (κ3) is 5.85. The number of nitrogens with zero attached hydrogens (tertiary/aromatic N) is 2. The second-order valence-electron chi connectivity index (χ2n) is 9.30. The lowest BCUT2D eigenvalue weighted by Crippen LogP contribution is -2.48. The van der Waals surface area contributed by atoms with Crippen molar-refractivity contribution in [1.82, 2.24) is 9.80 Å². The molecular formula is C28H34N2O3. The molecule has 4 rings (SSSR count). The van der Waals surface area contributed by atoms with E-state index in [1.165, 1.54) is 16.7 Å². The summed E-state index contributed by atoms with van der Waals surface area (Å²) in [5, 5.41) is 0. The lowest BCUT2D eigenvalue weighted by atomic mass is 10.0. The second-order valence-corrected chi connectivity index (χ2v) is 9.30. The minimum Gasteiger partial charge on any atom is -0.485 e. The normalized spacial score (nSPS) is 14.6. The molecule has 5 heteroatoms. The number of aryl methyl sites for hydroxylation is 2. The van der Waals surface area contributed by atoms with E-state index in [1.54, 1.807) is 6.07 Å². The van der Waals surface area contributed by atoms with Gasteiger partial charge in [0.2, 0.25) is 0 Å². The Kier molecular flexibility index (Phi) is 7.19. The summed E-state index contributed by atoms with van der Waals surface area (Å²) in [7, 11) is 0. The molecule has 0 N–H and O–H groups in total. The van der Waals surface area contributed by atoms with E-state index >= 15 is 0 Å². The smallest absolute Gasteiger partial charge is 0.289 e. The van der Waals surface area contributed by atoms with Gasteiger partial charge in [-0.15, -0.1) is 0 Å². The Labute approximate surface area is 197 Å². The Bertz CT molecular complexity index is 1080. The van der Waals surface area contributed by atoms with Gasteiger partial charge in [0.05, 0.1) is 0 Å². The van der Waals surface area contributed by atoms with E-state index in [1.807, 2.05) is 11.0 Å². The van der Waals surface area contributed by atoms with Gasteiger partial charge in [0.1, 0.15) is 18.1 Å². The summed E-state index contributed by atoms with van der Waals surface area (Å²) in [4.78, 5) is 17.2. The van der Waals surface area contributed by atoms with Crippen molar-refractivity contribution in [3.8, 4) is 5.75 Å². The van der Waals surface area contributed by atoms with Crippen LogP contribution in [0.3, 0.4) is 0 Å². The second kappa shape index (κ2) is 10.3. The molecule has 1 amide bonds. The van der Waals surface area contributed by atoms with Gasteiger partial charge >= 0.3 is 0 Å². The van der Waals surface area contributed by atoms with Crippen molar-refractivity contribution < 1.29 is 13.9 Å². The molecule has 0 aliphatic carbocycles. The highest BCUT2D eigenvalue weighted by Crippen LogP contribution is 2.28. The monoisotopic (exact) mass is 446 g/mol. The Morgan fingerprint density at radius 3 is 2.33 bits per heavy atom. The Hall–Kier alpha value is -3.05. The summed E-state index contributed by atoms with van der Waals surface area (Å²) in [6.07, 6.45) is 0. The maximum Gasteiger partial charge on any atom is 0.289 e. The first-order chi connectivity index (χ1) is 15.9. The number of amides is 1. The van der Waals surface area contributed by atoms with Gasteiger partial charge in [-0.1, -0.05) is 55.8 Å². The summed E-state index contributed by atoms with van der Waals surface area (Å²) in [5.41, 5.74) is 4.92. The molecule has 1 fully saturated rings. The molecule has 2 aromatic carbocycles. The molecule has 1 aliphatic heterocycles. The fraction of sp³-hybridized carbons (Fsp3) is 0.393. The molecule has 0 spiro atoms. The summed E-state index contributed by atoms with van der Waals surface area (Å²) >= 11 is 0. The van der Waals surface area contributed by atoms with Crippen molar-refractivity contribution in [3.05, 3.63) is 88.4 Å². The molecule has 174 valence electrons. The standard InChI is InChI=1S/C28H34N2O3/c1-20(2)25-11-7-22(4)17-27(25)32-19-24-10-12-26(33-24)28(31)30-15-13-29(14-16-30)18-23-8-5-21(3)6-9-23/h5-12,17,20H,13-16,18-19H2,1-4H3. The zero-order chi connectivity index (χ0) is 23.4. The number of furan rings is 1. The van der Waals surface area contributed by atoms with E-state index in [4.69, 9.17) is 9.15 Å². The van der Waals surface area contributed by atoms with Gasteiger partial charge < -0.3 is 14.1 Å². The summed E-state index contributed by atoms with van der Waals surface area (Å²) < 4.78 is 11.9. The predicted molar refractivity (Wildman–Crippen MR) is 131 cm³/mol. The Morgan fingerprint density at radius 1 is 0.939 bits per heavy atom. The third-order valence-corrected chi connectivity index (χ3v) is 6.22. The summed E-state index contributed by atoms with van der Waals surface area (Å²) in [5.74, 6) is 2.24. The van der Waals surface area contributed by atoms with Gasteiger partial charge in [0.15, 0.2) is 5.76 Å². The van der Waals surface area contributed by atoms with Crippen LogP contribution in [0.2, 0.25) is 0 Å². The Balaban J connectivity index is 1.30. The van der Waals surface area contributed by atoms with Crippen LogP contribution in [0.1, 0.15) is 58.3 Å². The molecule has 0 atom stereocenters. The molecule has 1 aliphatic rings. The first-order valence-corrected chi connectivity index (χ1v) is 11.8. The SMILES string of the molecule is Cc1ccc(CN2CCN(C(=O)c3ccc(COc4cc(C)ccc4C(C)C)o3)CC2)cc1. The summed E-state index contributed by atoms with van der Waals surface area (Å²) in [6, 6.07) is 18.5. The number of rotatable bonds is 7. The van der Waals surface area contributed by atoms with E-state index in [2.05, 4.69) is 75.1 Å². The fourth-order valence-corrected chi connectivity index (χ4v) is 4.18. The van der Waals surface area contributed by atoms with Crippen molar-refractivity contribution in [1.29, 1.82) is 0 Å². The van der Waals surface area contributed by atoms with Crippen LogP contribution < -0.4 is 4.74 Å². The van der Waals surface area contributed by atoms with Gasteiger partial charge in [-0.3, -0.25) is 9.69 Å². The molecule has 3 aromatic rings. The predicted octanol–water partition coefficient (Wildman–Crippen LogP) is 5.56. The highest BCUT2D eigenvalue weighted by atomic mass is 16.5. The third-order valence-electron chi connectivity index (χ3n) is 6.22. The minimum atomic E-state index is -0.0466. The number of hydrogen-bond donors (Lipinski definition) is 0. The molecular weight excluding hydrogens is 412 g/mol. The molecule has 1 saturated heterocycles. The van der Waals surface area contributed by atoms with E-state index in [0.717, 1.165) is 30.9 Å². The highest BCUT2D eigenvalue weighted by molar-refractivity contribution is 5.91. The maximum absolute atomic E-state index is 13.0. The molecule has 0 bridgehead atoms. The van der Waals surface area contributed by atoms with Crippen LogP contribution in [-0.4, -0.2) is 41.9 Å². The van der Waals surface area contributed by atoms with E-state index < -0.39 is 0 Å². The van der Waals surface area contributed by atoms with Crippen LogP contribution >= 0.6 is 0 Å². The first kappa shape index (κ1) is 23.1. The van der Waals surface area contributed by atoms with E-state index in [0.29, 0.717) is 37.1 Å². The first-order valence-electron chi connectivity index (χ1n) is 11.8. The van der Waals surface area contributed by atoms with Gasteiger partial charge in [0, 0.05) is 32.7 Å². The lowest BCUT2D eigenvalue weighted by Gasteiger charge is -2.34. The minimum absolute atomic E-state index is 0.0466. The number of piperazine rings is 1. The lowest BCUT2D eigenvalue weighted by molar-refractivity contribution is 0.0594. The molecule has 0 unspecified atom stereocenters. The average molecular weight is 447 g/mol. The number of carbonyl (C=O) groups is 1. The van der Waals surface area contributed by atoms with Crippen LogP contribution in [0.25, 0.3) is 0 Å². The largest absolute Gasteiger partial charge is 0.485 e. The summed E-state index contributed by atoms with van der Waals surface area (Å²) in [6.45, 7) is 12.8. The van der Waals surface area contributed by atoms with Gasteiger partial charge in [-0.25, -0.2) is 0 Å². The number of benzene rings is 2. The van der Waals surface area contributed by atoms with Crippen molar-refractivity contribution in [2.75, 3.05) is 26.2 Å². The van der Waals surface area contributed by atoms with E-state index in [-0.39, 0.29) is 5.91 Å². The molecule has 2 heterocycles. The van der Waals surface area contributed by atoms with Gasteiger partial charge in [-0.2, -0.15) is 0 Å². The molecule has 0 saturated carbocycles. The van der Waals surface area contributed by atoms with Gasteiger partial charge in [0.25, 0.3) is 5.91 Å². The van der Waals surface area contributed by atoms with Crippen molar-refractivity contribution in [2.45, 2.75) is 46.8 Å². The van der Waals surface area contributed by atoms with Gasteiger partial charge in [-0.05, 0) is 54.7 Å². The zero-order valence-corrected chi connectivity index (χ0v) is 20.1. The van der Waals surface area contributed by atoms with Crippen LogP contribution in [0.15, 0.2) is 59.0 Å². The molecule has 33 heavy (non-hydrogen) atoms. The van der Waals surface area contributed by atoms with E-state index in [9.17, 15) is 4.79 Å². The Morgan fingerprint density at radius 2 is 1.64 bits per heavy atom. The fourth-order valence-electron chi connectivity index (χ4n) is 4.18. The van der Waals surface area contributed by atoms with Crippen LogP contribution in [0, 0.1) is 13.8 Å². The average Bonchev–Trinajstić information content (AvgIpc) is 3.28. The number of carbonyl (C=O) groups excluding carboxylic acids is 1. The maximum atomic E-state index is 13.0. The number of ether oxygens (including phenoxy) is 1. The van der Waals surface area contributed by atoms with Crippen LogP contribution in [0.4, 0.5) is 0 Å². The molecule has 5 nitrogen and oxygen atoms in total. The van der Waals surface area contributed by atoms with Crippen molar-refractivity contribution >= 4 is 5.91 Å².